The first-order chi connectivity index (χ1) is 12.5. The highest BCUT2D eigenvalue weighted by atomic mass is 79.9. The monoisotopic (exact) mass is 440 g/mol. The number of allylic oxidation sites excluding steroid dienone is 1. The largest absolute Gasteiger partial charge is 0.503 e. The number of ether oxygens (including phenoxy) is 2. The van der Waals surface area contributed by atoms with Crippen LogP contribution in [0.5, 0.6) is 11.5 Å². The van der Waals surface area contributed by atoms with Crippen LogP contribution in [0.4, 0.5) is 4.79 Å². The lowest BCUT2D eigenvalue weighted by molar-refractivity contribution is -0.140. The van der Waals surface area contributed by atoms with E-state index in [2.05, 4.69) is 47.3 Å². The topological polar surface area (TPSA) is 96.9 Å². The first-order valence-electron chi connectivity index (χ1n) is 8.55. The van der Waals surface area contributed by atoms with Crippen LogP contribution in [0.1, 0.15) is 45.7 Å². The molecule has 0 saturated carbocycles. The Morgan fingerprint density at radius 1 is 1.33 bits per heavy atom. The standard InChI is InChI=1S/C19H25BrN2O5/c1-10-14(17(24)27-7-6-19(2,3)4)15(22-18(25)21-10)11-8-12(20)16(23)13(9-11)26-5/h8-9,15,23H,6-7H2,1-5H3,(H2,21,22,25). The normalized spacial score (nSPS) is 17.3. The highest BCUT2D eigenvalue weighted by Gasteiger charge is 2.33. The van der Waals surface area contributed by atoms with Gasteiger partial charge in [0.15, 0.2) is 11.5 Å². The Bertz CT molecular complexity index is 783. The molecule has 2 amide bonds. The summed E-state index contributed by atoms with van der Waals surface area (Å²) in [6.07, 6.45) is 0.716. The molecule has 1 aromatic rings. The summed E-state index contributed by atoms with van der Waals surface area (Å²) in [5, 5.41) is 15.4. The maximum atomic E-state index is 12.7. The molecule has 0 aliphatic carbocycles. The summed E-state index contributed by atoms with van der Waals surface area (Å²) < 4.78 is 11.0. The molecule has 1 aliphatic heterocycles. The van der Waals surface area contributed by atoms with Gasteiger partial charge in [-0.1, -0.05) is 20.8 Å². The molecule has 1 aliphatic rings. The van der Waals surface area contributed by atoms with Crippen molar-refractivity contribution < 1.29 is 24.2 Å². The average molecular weight is 441 g/mol. The molecular weight excluding hydrogens is 416 g/mol. The van der Waals surface area contributed by atoms with Crippen LogP contribution in [-0.2, 0) is 9.53 Å². The number of aromatic hydroxyl groups is 1. The zero-order chi connectivity index (χ0) is 20.4. The summed E-state index contributed by atoms with van der Waals surface area (Å²) in [6.45, 7) is 8.13. The molecule has 0 bridgehead atoms. The number of phenols is 1. The number of carbonyl (C=O) groups is 2. The molecule has 0 spiro atoms. The fourth-order valence-electron chi connectivity index (χ4n) is 2.66. The summed E-state index contributed by atoms with van der Waals surface area (Å²) in [6, 6.07) is 2.05. The van der Waals surface area contributed by atoms with Crippen LogP contribution < -0.4 is 15.4 Å². The molecule has 1 atom stereocenters. The van der Waals surface area contributed by atoms with Crippen LogP contribution in [0.3, 0.4) is 0 Å². The van der Waals surface area contributed by atoms with Gasteiger partial charge in [0.1, 0.15) is 0 Å². The van der Waals surface area contributed by atoms with Gasteiger partial charge in [-0.15, -0.1) is 0 Å². The van der Waals surface area contributed by atoms with E-state index in [-0.39, 0.29) is 23.5 Å². The number of nitrogens with one attached hydrogen (secondary N) is 2. The number of esters is 1. The minimum atomic E-state index is -0.730. The molecule has 8 heteroatoms. The maximum absolute atomic E-state index is 12.7. The van der Waals surface area contributed by atoms with Gasteiger partial charge < -0.3 is 25.2 Å². The molecule has 0 radical (unpaired) electrons. The van der Waals surface area contributed by atoms with Crippen LogP contribution >= 0.6 is 15.9 Å². The Hall–Kier alpha value is -2.22. The predicted molar refractivity (Wildman–Crippen MR) is 104 cm³/mol. The lowest BCUT2D eigenvalue weighted by Gasteiger charge is -2.29. The van der Waals surface area contributed by atoms with Crippen LogP contribution in [0, 0.1) is 5.41 Å². The van der Waals surface area contributed by atoms with Crippen molar-refractivity contribution in [1.29, 1.82) is 0 Å². The third-order valence-electron chi connectivity index (χ3n) is 4.18. The Morgan fingerprint density at radius 2 is 2.00 bits per heavy atom. The molecule has 7 nitrogen and oxygen atoms in total. The highest BCUT2D eigenvalue weighted by Crippen LogP contribution is 2.39. The highest BCUT2D eigenvalue weighted by molar-refractivity contribution is 9.10. The fraction of sp³-hybridized carbons (Fsp3) is 0.474. The Kier molecular flexibility index (Phi) is 6.41. The van der Waals surface area contributed by atoms with Crippen molar-refractivity contribution >= 4 is 27.9 Å². The van der Waals surface area contributed by atoms with E-state index in [1.807, 2.05) is 0 Å². The van der Waals surface area contributed by atoms with Crippen molar-refractivity contribution in [2.24, 2.45) is 5.41 Å². The second-order valence-electron chi connectivity index (χ2n) is 7.57. The number of benzene rings is 1. The maximum Gasteiger partial charge on any atom is 0.338 e. The number of halogens is 1. The van der Waals surface area contributed by atoms with Gasteiger partial charge in [-0.3, -0.25) is 0 Å². The van der Waals surface area contributed by atoms with Gasteiger partial charge in [-0.05, 0) is 52.4 Å². The molecule has 0 saturated heterocycles. The van der Waals surface area contributed by atoms with E-state index in [1.54, 1.807) is 19.1 Å². The van der Waals surface area contributed by atoms with Crippen molar-refractivity contribution in [3.05, 3.63) is 33.4 Å². The van der Waals surface area contributed by atoms with Gasteiger partial charge in [0.05, 0.1) is 29.8 Å². The van der Waals surface area contributed by atoms with E-state index < -0.39 is 18.0 Å². The minimum absolute atomic E-state index is 0.0390. The number of methoxy groups -OCH3 is 1. The van der Waals surface area contributed by atoms with Gasteiger partial charge in [0.25, 0.3) is 0 Å². The van der Waals surface area contributed by atoms with Gasteiger partial charge in [-0.2, -0.15) is 0 Å². The van der Waals surface area contributed by atoms with Crippen molar-refractivity contribution in [3.63, 3.8) is 0 Å². The number of hydrogen-bond acceptors (Lipinski definition) is 5. The van der Waals surface area contributed by atoms with Gasteiger partial charge in [0, 0.05) is 5.70 Å². The lowest BCUT2D eigenvalue weighted by Crippen LogP contribution is -2.45. The molecule has 0 aromatic heterocycles. The number of amides is 2. The van der Waals surface area contributed by atoms with Gasteiger partial charge in [0.2, 0.25) is 0 Å². The van der Waals surface area contributed by atoms with Crippen molar-refractivity contribution in [2.75, 3.05) is 13.7 Å². The fourth-order valence-corrected chi connectivity index (χ4v) is 3.12. The van der Waals surface area contributed by atoms with Gasteiger partial charge in [-0.25, -0.2) is 9.59 Å². The van der Waals surface area contributed by atoms with Crippen molar-refractivity contribution in [3.8, 4) is 11.5 Å². The van der Waals surface area contributed by atoms with E-state index >= 15 is 0 Å². The van der Waals surface area contributed by atoms with E-state index in [4.69, 9.17) is 9.47 Å². The molecule has 1 unspecified atom stereocenters. The van der Waals surface area contributed by atoms with Crippen LogP contribution in [0.15, 0.2) is 27.9 Å². The summed E-state index contributed by atoms with van der Waals surface area (Å²) in [5.74, 6) is -0.334. The smallest absolute Gasteiger partial charge is 0.338 e. The number of carbonyl (C=O) groups excluding carboxylic acids is 2. The van der Waals surface area contributed by atoms with Crippen LogP contribution in [0.25, 0.3) is 0 Å². The molecule has 27 heavy (non-hydrogen) atoms. The second kappa shape index (κ2) is 8.21. The Labute approximate surface area is 167 Å². The molecule has 148 valence electrons. The van der Waals surface area contributed by atoms with Gasteiger partial charge >= 0.3 is 12.0 Å². The molecule has 3 N–H and O–H groups in total. The third kappa shape index (κ3) is 5.15. The third-order valence-corrected chi connectivity index (χ3v) is 4.78. The molecular formula is C19H25BrN2O5. The lowest BCUT2D eigenvalue weighted by atomic mass is 9.93. The van der Waals surface area contributed by atoms with Crippen LogP contribution in [0.2, 0.25) is 0 Å². The summed E-state index contributed by atoms with van der Waals surface area (Å²) in [4.78, 5) is 24.7. The number of phenolic OH excluding ortho intramolecular Hbond substituents is 1. The van der Waals surface area contributed by atoms with E-state index in [0.717, 1.165) is 0 Å². The summed E-state index contributed by atoms with van der Waals surface area (Å²) >= 11 is 3.26. The number of rotatable bonds is 5. The first-order valence-corrected chi connectivity index (χ1v) is 9.34. The van der Waals surface area contributed by atoms with E-state index in [1.165, 1.54) is 7.11 Å². The SMILES string of the molecule is COc1cc(C2NC(=O)NC(C)=C2C(=O)OCCC(C)(C)C)cc(Br)c1O. The molecule has 0 fully saturated rings. The second-order valence-corrected chi connectivity index (χ2v) is 8.42. The van der Waals surface area contributed by atoms with E-state index in [0.29, 0.717) is 27.7 Å². The molecule has 1 heterocycles. The Morgan fingerprint density at radius 3 is 2.59 bits per heavy atom. The zero-order valence-corrected chi connectivity index (χ0v) is 17.7. The predicted octanol–water partition coefficient (Wildman–Crippen LogP) is 3.77. The summed E-state index contributed by atoms with van der Waals surface area (Å²) in [7, 11) is 1.43. The van der Waals surface area contributed by atoms with Crippen molar-refractivity contribution in [1.82, 2.24) is 10.6 Å². The summed E-state index contributed by atoms with van der Waals surface area (Å²) in [5.41, 5.74) is 1.35. The number of urea groups is 1. The molecule has 1 aromatic carbocycles. The van der Waals surface area contributed by atoms with Crippen LogP contribution in [-0.4, -0.2) is 30.8 Å². The number of hydrogen-bond donors (Lipinski definition) is 3. The van der Waals surface area contributed by atoms with Crippen molar-refractivity contribution in [2.45, 2.75) is 40.2 Å². The first kappa shape index (κ1) is 21.1. The quantitative estimate of drug-likeness (QED) is 0.605. The zero-order valence-electron chi connectivity index (χ0n) is 16.1. The molecule has 2 rings (SSSR count). The average Bonchev–Trinajstić information content (AvgIpc) is 2.55. The minimum Gasteiger partial charge on any atom is -0.503 e. The Balaban J connectivity index is 2.36. The van der Waals surface area contributed by atoms with E-state index in [9.17, 15) is 14.7 Å².